The summed E-state index contributed by atoms with van der Waals surface area (Å²) in [7, 11) is 0. The first-order chi connectivity index (χ1) is 8.80. The van der Waals surface area contributed by atoms with Gasteiger partial charge in [-0.3, -0.25) is 10.1 Å². The molecule has 0 aliphatic rings. The van der Waals surface area contributed by atoms with E-state index in [4.69, 9.17) is 5.73 Å². The normalized spacial score (nSPS) is 13.3. The highest BCUT2D eigenvalue weighted by Gasteiger charge is 2.35. The molecule has 0 spiro atoms. The van der Waals surface area contributed by atoms with Gasteiger partial charge in [0.25, 0.3) is 5.69 Å². The van der Waals surface area contributed by atoms with Gasteiger partial charge in [0, 0.05) is 12.1 Å². The molecule has 0 bridgehead atoms. The number of benzene rings is 1. The first kappa shape index (κ1) is 15.4. The second-order valence-electron chi connectivity index (χ2n) is 4.32. The van der Waals surface area contributed by atoms with Crippen molar-refractivity contribution in [1.82, 2.24) is 0 Å². The molecule has 0 aromatic heterocycles. The molecule has 0 aliphatic heterocycles. The third-order valence-electron chi connectivity index (χ3n) is 2.77. The molecule has 1 aromatic carbocycles. The van der Waals surface area contributed by atoms with E-state index in [2.05, 4.69) is 0 Å². The number of non-ortho nitro benzene ring substituents is 1. The van der Waals surface area contributed by atoms with Crippen LogP contribution < -0.4 is 5.73 Å². The molecule has 106 valence electrons. The number of unbranched alkanes of at least 4 members (excludes halogenated alkanes) is 1. The molecule has 0 saturated heterocycles. The Balaban J connectivity index is 2.38. The van der Waals surface area contributed by atoms with Crippen LogP contribution in [0.15, 0.2) is 24.3 Å². The first-order valence-electron chi connectivity index (χ1n) is 5.86. The van der Waals surface area contributed by atoms with Gasteiger partial charge < -0.3 is 5.73 Å². The van der Waals surface area contributed by atoms with Crippen LogP contribution in [-0.4, -0.2) is 17.1 Å². The number of rotatable bonds is 6. The molecule has 7 heteroatoms. The van der Waals surface area contributed by atoms with Crippen LogP contribution in [0.1, 0.15) is 24.8 Å². The number of alkyl halides is 3. The van der Waals surface area contributed by atoms with Crippen LogP contribution in [0.2, 0.25) is 0 Å². The Hall–Kier alpha value is -1.63. The molecule has 0 aliphatic carbocycles. The Morgan fingerprint density at radius 1 is 1.32 bits per heavy atom. The molecule has 0 amide bonds. The van der Waals surface area contributed by atoms with Gasteiger partial charge in [-0.1, -0.05) is 18.6 Å². The maximum Gasteiger partial charge on any atom is 0.403 e. The van der Waals surface area contributed by atoms with Gasteiger partial charge in [0.2, 0.25) is 0 Å². The van der Waals surface area contributed by atoms with E-state index < -0.39 is 17.1 Å². The van der Waals surface area contributed by atoms with Crippen LogP contribution in [0, 0.1) is 10.1 Å². The van der Waals surface area contributed by atoms with E-state index in [-0.39, 0.29) is 12.1 Å². The highest BCUT2D eigenvalue weighted by atomic mass is 19.4. The van der Waals surface area contributed by atoms with E-state index in [0.29, 0.717) is 19.3 Å². The van der Waals surface area contributed by atoms with Crippen LogP contribution in [0.3, 0.4) is 0 Å². The number of nitro groups is 1. The fourth-order valence-electron chi connectivity index (χ4n) is 1.68. The molecule has 0 saturated carbocycles. The van der Waals surface area contributed by atoms with E-state index in [1.54, 1.807) is 12.1 Å². The predicted octanol–water partition coefficient (Wildman–Crippen LogP) is 3.20. The van der Waals surface area contributed by atoms with E-state index >= 15 is 0 Å². The minimum atomic E-state index is -4.36. The molecule has 2 N–H and O–H groups in total. The summed E-state index contributed by atoms with van der Waals surface area (Å²) in [6.07, 6.45) is -3.12. The summed E-state index contributed by atoms with van der Waals surface area (Å²) < 4.78 is 36.4. The number of halogens is 3. The van der Waals surface area contributed by atoms with Crippen molar-refractivity contribution < 1.29 is 18.1 Å². The Morgan fingerprint density at radius 2 is 2.00 bits per heavy atom. The van der Waals surface area contributed by atoms with E-state index in [9.17, 15) is 23.3 Å². The van der Waals surface area contributed by atoms with Gasteiger partial charge in [-0.05, 0) is 24.8 Å². The summed E-state index contributed by atoms with van der Waals surface area (Å²) in [6.45, 7) is 0. The smallest absolute Gasteiger partial charge is 0.320 e. The zero-order chi connectivity index (χ0) is 14.5. The zero-order valence-corrected chi connectivity index (χ0v) is 10.2. The van der Waals surface area contributed by atoms with Gasteiger partial charge in [-0.2, -0.15) is 13.2 Å². The zero-order valence-electron chi connectivity index (χ0n) is 10.2. The fourth-order valence-corrected chi connectivity index (χ4v) is 1.68. The van der Waals surface area contributed by atoms with Crippen molar-refractivity contribution in [2.45, 2.75) is 37.9 Å². The first-order valence-corrected chi connectivity index (χ1v) is 5.86. The van der Waals surface area contributed by atoms with E-state index in [1.807, 2.05) is 0 Å². The molecular weight excluding hydrogens is 261 g/mol. The molecule has 19 heavy (non-hydrogen) atoms. The van der Waals surface area contributed by atoms with Gasteiger partial charge in [-0.15, -0.1) is 0 Å². The fraction of sp³-hybridized carbons (Fsp3) is 0.500. The topological polar surface area (TPSA) is 69.2 Å². The van der Waals surface area contributed by atoms with Gasteiger partial charge >= 0.3 is 6.18 Å². The summed E-state index contributed by atoms with van der Waals surface area (Å²) in [6, 6.07) is 4.30. The Labute approximate surface area is 108 Å². The van der Waals surface area contributed by atoms with Crippen LogP contribution >= 0.6 is 0 Å². The Morgan fingerprint density at radius 3 is 2.58 bits per heavy atom. The number of nitrogens with two attached hydrogens (primary N) is 1. The minimum Gasteiger partial charge on any atom is -0.320 e. The number of hydrogen-bond donors (Lipinski definition) is 1. The quantitative estimate of drug-likeness (QED) is 0.493. The predicted molar refractivity (Wildman–Crippen MR) is 64.7 cm³/mol. The average molecular weight is 276 g/mol. The standard InChI is InChI=1S/C12H15F3N2O2/c13-12(14,15)11(16)7-2-1-4-9-5-3-6-10(8-9)17(18)19/h3,5-6,8,11H,1-2,4,7,16H2/t11-/m0/s1. The third kappa shape index (κ3) is 5.25. The summed E-state index contributed by atoms with van der Waals surface area (Å²) >= 11 is 0. The second kappa shape index (κ2) is 6.51. The van der Waals surface area contributed by atoms with Crippen LogP contribution in [0.5, 0.6) is 0 Å². The van der Waals surface area contributed by atoms with Crippen molar-refractivity contribution in [3.63, 3.8) is 0 Å². The van der Waals surface area contributed by atoms with E-state index in [0.717, 1.165) is 5.56 Å². The second-order valence-corrected chi connectivity index (χ2v) is 4.32. The van der Waals surface area contributed by atoms with Crippen LogP contribution in [0.4, 0.5) is 18.9 Å². The molecular formula is C12H15F3N2O2. The van der Waals surface area contributed by atoms with E-state index in [1.165, 1.54) is 12.1 Å². The summed E-state index contributed by atoms with van der Waals surface area (Å²) in [4.78, 5) is 10.0. The molecule has 0 heterocycles. The number of hydrogen-bond acceptors (Lipinski definition) is 3. The van der Waals surface area contributed by atoms with Crippen molar-refractivity contribution in [1.29, 1.82) is 0 Å². The number of nitrogens with zero attached hydrogens (tertiary/aromatic N) is 1. The van der Waals surface area contributed by atoms with Crippen molar-refractivity contribution in [3.05, 3.63) is 39.9 Å². The largest absolute Gasteiger partial charge is 0.403 e. The Kier molecular flexibility index (Phi) is 5.29. The van der Waals surface area contributed by atoms with Crippen molar-refractivity contribution >= 4 is 5.69 Å². The number of nitro benzene ring substituents is 1. The lowest BCUT2D eigenvalue weighted by atomic mass is 10.0. The molecule has 0 unspecified atom stereocenters. The maximum atomic E-state index is 12.1. The minimum absolute atomic E-state index is 0.00973. The average Bonchev–Trinajstić information content (AvgIpc) is 2.33. The van der Waals surface area contributed by atoms with Crippen LogP contribution in [-0.2, 0) is 6.42 Å². The van der Waals surface area contributed by atoms with Gasteiger partial charge in [-0.25, -0.2) is 0 Å². The van der Waals surface area contributed by atoms with Crippen molar-refractivity contribution in [2.75, 3.05) is 0 Å². The molecule has 1 aromatic rings. The Bertz CT molecular complexity index is 435. The lowest BCUT2D eigenvalue weighted by molar-refractivity contribution is -0.384. The molecule has 0 fully saturated rings. The molecule has 4 nitrogen and oxygen atoms in total. The summed E-state index contributed by atoms with van der Waals surface area (Å²) in [5.41, 5.74) is 5.72. The lowest BCUT2D eigenvalue weighted by Gasteiger charge is -2.14. The number of aryl methyl sites for hydroxylation is 1. The summed E-state index contributed by atoms with van der Waals surface area (Å²) in [5.74, 6) is 0. The molecule has 0 radical (unpaired) electrons. The monoisotopic (exact) mass is 276 g/mol. The maximum absolute atomic E-state index is 12.1. The summed E-state index contributed by atoms with van der Waals surface area (Å²) in [5, 5.41) is 10.5. The lowest BCUT2D eigenvalue weighted by Crippen LogP contribution is -2.37. The molecule has 1 atom stereocenters. The van der Waals surface area contributed by atoms with Crippen LogP contribution in [0.25, 0.3) is 0 Å². The molecule has 1 rings (SSSR count). The van der Waals surface area contributed by atoms with Crippen molar-refractivity contribution in [2.24, 2.45) is 5.73 Å². The SMILES string of the molecule is N[C@@H](CCCCc1cccc([N+](=O)[O-])c1)C(F)(F)F. The highest BCUT2D eigenvalue weighted by molar-refractivity contribution is 5.34. The van der Waals surface area contributed by atoms with Gasteiger partial charge in [0.15, 0.2) is 0 Å². The third-order valence-corrected chi connectivity index (χ3v) is 2.77. The van der Waals surface area contributed by atoms with Crippen molar-refractivity contribution in [3.8, 4) is 0 Å². The van der Waals surface area contributed by atoms with Gasteiger partial charge in [0.05, 0.1) is 4.92 Å². The highest BCUT2D eigenvalue weighted by Crippen LogP contribution is 2.22. The van der Waals surface area contributed by atoms with Gasteiger partial charge in [0.1, 0.15) is 6.04 Å².